The lowest BCUT2D eigenvalue weighted by atomic mass is 9.68. The third-order valence-electron chi connectivity index (χ3n) is 4.10. The van der Waals surface area contributed by atoms with Gasteiger partial charge in [-0.3, -0.25) is 0 Å². The summed E-state index contributed by atoms with van der Waals surface area (Å²) >= 11 is 0. The third kappa shape index (κ3) is 1.37. The van der Waals surface area contributed by atoms with Crippen LogP contribution in [0.15, 0.2) is 33.9 Å². The standard InChI is InChI=1S/C14H22/c1-8-13-9(2)11(4)14(6,7)12(5)10(13)3/h8H,1-7H3. The van der Waals surface area contributed by atoms with E-state index in [4.69, 9.17) is 0 Å². The molecular weight excluding hydrogens is 168 g/mol. The second-order valence-electron chi connectivity index (χ2n) is 4.83. The fourth-order valence-electron chi connectivity index (χ4n) is 2.34. The molecule has 0 aliphatic heterocycles. The van der Waals surface area contributed by atoms with Crippen LogP contribution in [-0.2, 0) is 0 Å². The second-order valence-corrected chi connectivity index (χ2v) is 4.83. The predicted octanol–water partition coefficient (Wildman–Crippen LogP) is 4.65. The normalized spacial score (nSPS) is 21.8. The number of rotatable bonds is 0. The van der Waals surface area contributed by atoms with E-state index in [0.717, 1.165) is 0 Å². The van der Waals surface area contributed by atoms with Crippen molar-refractivity contribution < 1.29 is 0 Å². The molecule has 0 saturated carbocycles. The first-order valence-corrected chi connectivity index (χ1v) is 5.37. The molecule has 0 N–H and O–H groups in total. The van der Waals surface area contributed by atoms with E-state index in [1.807, 2.05) is 0 Å². The molecule has 0 nitrogen and oxygen atoms in total. The smallest absolute Gasteiger partial charge is 0.00703 e. The minimum absolute atomic E-state index is 0.237. The van der Waals surface area contributed by atoms with E-state index in [1.54, 1.807) is 0 Å². The van der Waals surface area contributed by atoms with E-state index >= 15 is 0 Å². The molecule has 0 amide bonds. The molecule has 0 heteroatoms. The molecule has 0 aromatic rings. The Hall–Kier alpha value is -0.780. The van der Waals surface area contributed by atoms with E-state index < -0.39 is 0 Å². The summed E-state index contributed by atoms with van der Waals surface area (Å²) < 4.78 is 0. The third-order valence-corrected chi connectivity index (χ3v) is 4.10. The van der Waals surface area contributed by atoms with Gasteiger partial charge in [0.15, 0.2) is 0 Å². The lowest BCUT2D eigenvalue weighted by Crippen LogP contribution is -2.22. The van der Waals surface area contributed by atoms with Crippen molar-refractivity contribution in [1.82, 2.24) is 0 Å². The molecule has 1 aliphatic rings. The maximum atomic E-state index is 2.32. The Morgan fingerprint density at radius 3 is 1.50 bits per heavy atom. The molecule has 0 heterocycles. The molecule has 0 fully saturated rings. The van der Waals surface area contributed by atoms with Gasteiger partial charge in [0.1, 0.15) is 0 Å². The monoisotopic (exact) mass is 190 g/mol. The summed E-state index contributed by atoms with van der Waals surface area (Å²) in [5.41, 5.74) is 7.60. The zero-order valence-electron chi connectivity index (χ0n) is 10.6. The summed E-state index contributed by atoms with van der Waals surface area (Å²) in [6.07, 6.45) is 2.23. The molecule has 0 bridgehead atoms. The van der Waals surface area contributed by atoms with E-state index in [-0.39, 0.29) is 5.41 Å². The van der Waals surface area contributed by atoms with Crippen molar-refractivity contribution in [3.05, 3.63) is 33.9 Å². The van der Waals surface area contributed by atoms with Crippen LogP contribution in [0.25, 0.3) is 0 Å². The topological polar surface area (TPSA) is 0 Å². The number of hydrogen-bond acceptors (Lipinski definition) is 0. The van der Waals surface area contributed by atoms with Crippen LogP contribution in [0.1, 0.15) is 48.5 Å². The first kappa shape index (κ1) is 11.3. The molecule has 0 aromatic heterocycles. The highest BCUT2D eigenvalue weighted by Crippen LogP contribution is 2.45. The molecular formula is C14H22. The van der Waals surface area contributed by atoms with Crippen LogP contribution >= 0.6 is 0 Å². The van der Waals surface area contributed by atoms with Crippen molar-refractivity contribution in [3.8, 4) is 0 Å². The zero-order chi connectivity index (χ0) is 11.1. The fraction of sp³-hybridized carbons (Fsp3) is 0.571. The molecule has 1 rings (SSSR count). The highest BCUT2D eigenvalue weighted by molar-refractivity contribution is 5.56. The van der Waals surface area contributed by atoms with Gasteiger partial charge in [-0.05, 0) is 51.3 Å². The SMILES string of the molecule is CC=C1C(C)=C(C)C(C)(C)C(C)=C1C. The maximum absolute atomic E-state index is 2.32. The Bertz CT molecular complexity index is 316. The average Bonchev–Trinajstić information content (AvgIpc) is 2.14. The molecule has 0 atom stereocenters. The highest BCUT2D eigenvalue weighted by atomic mass is 14.3. The van der Waals surface area contributed by atoms with Gasteiger partial charge in [-0.15, -0.1) is 0 Å². The van der Waals surface area contributed by atoms with Crippen molar-refractivity contribution in [2.24, 2.45) is 5.41 Å². The van der Waals surface area contributed by atoms with E-state index in [0.29, 0.717) is 0 Å². The first-order chi connectivity index (χ1) is 6.34. The lowest BCUT2D eigenvalue weighted by Gasteiger charge is -2.36. The van der Waals surface area contributed by atoms with E-state index in [9.17, 15) is 0 Å². The van der Waals surface area contributed by atoms with Gasteiger partial charge in [0.05, 0.1) is 0 Å². The minimum atomic E-state index is 0.237. The van der Waals surface area contributed by atoms with Gasteiger partial charge in [0, 0.05) is 5.41 Å². The van der Waals surface area contributed by atoms with Gasteiger partial charge in [-0.2, -0.15) is 0 Å². The van der Waals surface area contributed by atoms with Crippen LogP contribution in [0.3, 0.4) is 0 Å². The average molecular weight is 190 g/mol. The fourth-order valence-corrected chi connectivity index (χ4v) is 2.34. The molecule has 0 unspecified atom stereocenters. The zero-order valence-corrected chi connectivity index (χ0v) is 10.6. The molecule has 0 aromatic carbocycles. The van der Waals surface area contributed by atoms with E-state index in [1.165, 1.54) is 27.9 Å². The minimum Gasteiger partial charge on any atom is -0.0799 e. The predicted molar refractivity (Wildman–Crippen MR) is 64.3 cm³/mol. The molecule has 0 saturated heterocycles. The number of allylic oxidation sites excluding steroid dienone is 6. The highest BCUT2D eigenvalue weighted by Gasteiger charge is 2.30. The van der Waals surface area contributed by atoms with Crippen molar-refractivity contribution in [1.29, 1.82) is 0 Å². The molecule has 14 heavy (non-hydrogen) atoms. The maximum Gasteiger partial charge on any atom is 0.00703 e. The molecule has 0 radical (unpaired) electrons. The van der Waals surface area contributed by atoms with Gasteiger partial charge >= 0.3 is 0 Å². The Kier molecular flexibility index (Phi) is 2.76. The Labute approximate surface area is 88.4 Å². The van der Waals surface area contributed by atoms with Crippen LogP contribution in [0.5, 0.6) is 0 Å². The molecule has 0 spiro atoms. The van der Waals surface area contributed by atoms with Gasteiger partial charge < -0.3 is 0 Å². The summed E-state index contributed by atoms with van der Waals surface area (Å²) in [4.78, 5) is 0. The Morgan fingerprint density at radius 1 is 0.857 bits per heavy atom. The molecule has 1 aliphatic carbocycles. The Morgan fingerprint density at radius 2 is 1.21 bits per heavy atom. The van der Waals surface area contributed by atoms with Gasteiger partial charge in [-0.25, -0.2) is 0 Å². The van der Waals surface area contributed by atoms with Crippen molar-refractivity contribution >= 4 is 0 Å². The second kappa shape index (κ2) is 3.42. The number of hydrogen-bond donors (Lipinski definition) is 0. The summed E-state index contributed by atoms with van der Waals surface area (Å²) in [6, 6.07) is 0. The largest absolute Gasteiger partial charge is 0.0799 e. The summed E-state index contributed by atoms with van der Waals surface area (Å²) in [5.74, 6) is 0. The lowest BCUT2D eigenvalue weighted by molar-refractivity contribution is 0.520. The van der Waals surface area contributed by atoms with Crippen LogP contribution in [0.2, 0.25) is 0 Å². The first-order valence-electron chi connectivity index (χ1n) is 5.37. The van der Waals surface area contributed by atoms with Gasteiger partial charge in [0.2, 0.25) is 0 Å². The van der Waals surface area contributed by atoms with Crippen molar-refractivity contribution in [3.63, 3.8) is 0 Å². The van der Waals surface area contributed by atoms with Crippen LogP contribution in [-0.4, -0.2) is 0 Å². The summed E-state index contributed by atoms with van der Waals surface area (Å²) in [6.45, 7) is 15.8. The van der Waals surface area contributed by atoms with Crippen molar-refractivity contribution in [2.75, 3.05) is 0 Å². The van der Waals surface area contributed by atoms with Crippen LogP contribution < -0.4 is 0 Å². The summed E-state index contributed by atoms with van der Waals surface area (Å²) in [5, 5.41) is 0. The van der Waals surface area contributed by atoms with Gasteiger partial charge in [0.25, 0.3) is 0 Å². The van der Waals surface area contributed by atoms with Crippen molar-refractivity contribution in [2.45, 2.75) is 48.5 Å². The van der Waals surface area contributed by atoms with Crippen LogP contribution in [0.4, 0.5) is 0 Å². The van der Waals surface area contributed by atoms with Crippen LogP contribution in [0, 0.1) is 5.41 Å². The molecule has 78 valence electrons. The van der Waals surface area contributed by atoms with E-state index in [2.05, 4.69) is 54.5 Å². The summed E-state index contributed by atoms with van der Waals surface area (Å²) in [7, 11) is 0. The quantitative estimate of drug-likeness (QED) is 0.522. The van der Waals surface area contributed by atoms with Gasteiger partial charge in [-0.1, -0.05) is 31.1 Å². The Balaban J connectivity index is 3.45.